The van der Waals surface area contributed by atoms with Crippen molar-refractivity contribution in [3.8, 4) is 0 Å². The molecule has 4 nitrogen and oxygen atoms in total. The van der Waals surface area contributed by atoms with Crippen LogP contribution in [0.15, 0.2) is 0 Å². The standard InChI is InChI=1S/C9H15NO3/c1-10-4-2-9(7(11)6-10)3-5-13-8(9)12/h7,11H,2-6H2,1H3/t7-,9+/m0/s1. The van der Waals surface area contributed by atoms with Crippen molar-refractivity contribution in [1.82, 2.24) is 4.90 Å². The maximum atomic E-state index is 11.5. The predicted molar refractivity (Wildman–Crippen MR) is 46.1 cm³/mol. The third-order valence-corrected chi connectivity index (χ3v) is 3.25. The van der Waals surface area contributed by atoms with Crippen molar-refractivity contribution in [3.63, 3.8) is 0 Å². The van der Waals surface area contributed by atoms with Crippen LogP contribution in [0.1, 0.15) is 12.8 Å². The highest BCUT2D eigenvalue weighted by atomic mass is 16.5. The number of carbonyl (C=O) groups excluding carboxylic acids is 1. The Bertz CT molecular complexity index is 231. The number of β-amino-alcohol motifs (C(OH)–C–C–N with tert-alkyl or cyclic N) is 1. The molecule has 0 aromatic rings. The van der Waals surface area contributed by atoms with E-state index in [1.807, 2.05) is 11.9 Å². The molecule has 0 aliphatic carbocycles. The van der Waals surface area contributed by atoms with Crippen LogP contribution in [0, 0.1) is 5.41 Å². The van der Waals surface area contributed by atoms with E-state index in [4.69, 9.17) is 4.74 Å². The number of rotatable bonds is 0. The number of nitrogens with zero attached hydrogens (tertiary/aromatic N) is 1. The summed E-state index contributed by atoms with van der Waals surface area (Å²) in [6, 6.07) is 0. The van der Waals surface area contributed by atoms with Crippen molar-refractivity contribution in [2.45, 2.75) is 18.9 Å². The van der Waals surface area contributed by atoms with E-state index in [-0.39, 0.29) is 5.97 Å². The van der Waals surface area contributed by atoms with Gasteiger partial charge in [-0.2, -0.15) is 0 Å². The summed E-state index contributed by atoms with van der Waals surface area (Å²) < 4.78 is 4.93. The van der Waals surface area contributed by atoms with Crippen LogP contribution in [0.5, 0.6) is 0 Å². The second-order valence-corrected chi connectivity index (χ2v) is 4.07. The molecule has 1 N–H and O–H groups in total. The first-order valence-corrected chi connectivity index (χ1v) is 4.69. The number of ether oxygens (including phenoxy) is 1. The minimum Gasteiger partial charge on any atom is -0.465 e. The lowest BCUT2D eigenvalue weighted by Gasteiger charge is -2.38. The monoisotopic (exact) mass is 185 g/mol. The highest BCUT2D eigenvalue weighted by molar-refractivity contribution is 5.79. The summed E-state index contributed by atoms with van der Waals surface area (Å²) in [6.07, 6.45) is 0.853. The van der Waals surface area contributed by atoms with Crippen molar-refractivity contribution in [2.24, 2.45) is 5.41 Å². The van der Waals surface area contributed by atoms with Crippen molar-refractivity contribution >= 4 is 5.97 Å². The Hall–Kier alpha value is -0.610. The van der Waals surface area contributed by atoms with Crippen LogP contribution >= 0.6 is 0 Å². The number of carbonyl (C=O) groups is 1. The Morgan fingerprint density at radius 3 is 2.92 bits per heavy atom. The molecule has 13 heavy (non-hydrogen) atoms. The molecule has 2 atom stereocenters. The molecule has 0 unspecified atom stereocenters. The number of piperidine rings is 1. The van der Waals surface area contributed by atoms with E-state index >= 15 is 0 Å². The highest BCUT2D eigenvalue weighted by Crippen LogP contribution is 2.40. The molecule has 0 aromatic heterocycles. The number of cyclic esters (lactones) is 1. The van der Waals surface area contributed by atoms with Crippen molar-refractivity contribution in [2.75, 3.05) is 26.7 Å². The molecule has 0 radical (unpaired) electrons. The summed E-state index contributed by atoms with van der Waals surface area (Å²) in [7, 11) is 1.95. The van der Waals surface area contributed by atoms with Gasteiger partial charge in [0.1, 0.15) is 0 Å². The van der Waals surface area contributed by atoms with Crippen molar-refractivity contribution in [1.29, 1.82) is 0 Å². The van der Waals surface area contributed by atoms with Gasteiger partial charge in [0.25, 0.3) is 0 Å². The Labute approximate surface area is 77.5 Å². The zero-order chi connectivity index (χ0) is 9.47. The van der Waals surface area contributed by atoms with Crippen molar-refractivity contribution in [3.05, 3.63) is 0 Å². The molecular weight excluding hydrogens is 170 g/mol. The number of hydrogen-bond donors (Lipinski definition) is 1. The quantitative estimate of drug-likeness (QED) is 0.522. The minimum absolute atomic E-state index is 0.201. The summed E-state index contributed by atoms with van der Waals surface area (Å²) in [5.41, 5.74) is -0.577. The smallest absolute Gasteiger partial charge is 0.314 e. The number of esters is 1. The van der Waals surface area contributed by atoms with E-state index in [1.54, 1.807) is 0 Å². The molecule has 1 spiro atoms. The van der Waals surface area contributed by atoms with Crippen LogP contribution < -0.4 is 0 Å². The van der Waals surface area contributed by atoms with Gasteiger partial charge in [-0.15, -0.1) is 0 Å². The molecule has 2 heterocycles. The van der Waals surface area contributed by atoms with E-state index in [9.17, 15) is 9.90 Å². The van der Waals surface area contributed by atoms with Gasteiger partial charge in [0, 0.05) is 13.0 Å². The average Bonchev–Trinajstić information content (AvgIpc) is 2.43. The first-order valence-electron chi connectivity index (χ1n) is 4.69. The Kier molecular flexibility index (Phi) is 2.04. The normalized spacial score (nSPS) is 41.1. The average molecular weight is 185 g/mol. The van der Waals surface area contributed by atoms with Gasteiger partial charge in [-0.05, 0) is 20.0 Å². The topological polar surface area (TPSA) is 49.8 Å². The van der Waals surface area contributed by atoms with Gasteiger partial charge in [0.05, 0.1) is 18.1 Å². The third kappa shape index (κ3) is 1.25. The van der Waals surface area contributed by atoms with Crippen LogP contribution in [0.4, 0.5) is 0 Å². The van der Waals surface area contributed by atoms with Crippen LogP contribution in [-0.4, -0.2) is 48.8 Å². The molecule has 2 aliphatic rings. The van der Waals surface area contributed by atoms with Gasteiger partial charge in [-0.1, -0.05) is 0 Å². The van der Waals surface area contributed by atoms with Crippen LogP contribution in [0.2, 0.25) is 0 Å². The second kappa shape index (κ2) is 2.96. The third-order valence-electron chi connectivity index (χ3n) is 3.25. The van der Waals surface area contributed by atoms with Crippen LogP contribution in [-0.2, 0) is 9.53 Å². The predicted octanol–water partition coefficient (Wildman–Crippen LogP) is -0.384. The maximum Gasteiger partial charge on any atom is 0.314 e. The molecule has 0 bridgehead atoms. The van der Waals surface area contributed by atoms with E-state index in [1.165, 1.54) is 0 Å². The summed E-state index contributed by atoms with van der Waals surface area (Å²) in [4.78, 5) is 13.5. The molecule has 74 valence electrons. The lowest BCUT2D eigenvalue weighted by molar-refractivity contribution is -0.155. The second-order valence-electron chi connectivity index (χ2n) is 4.07. The van der Waals surface area contributed by atoms with Gasteiger partial charge in [-0.3, -0.25) is 4.79 Å². The number of aliphatic hydroxyl groups excluding tert-OH is 1. The number of likely N-dealkylation sites (N-methyl/N-ethyl adjacent to an activating group) is 1. The fourth-order valence-electron chi connectivity index (χ4n) is 2.22. The van der Waals surface area contributed by atoms with E-state index in [2.05, 4.69) is 0 Å². The summed E-state index contributed by atoms with van der Waals surface area (Å²) in [5, 5.41) is 9.86. The Morgan fingerprint density at radius 1 is 1.62 bits per heavy atom. The minimum atomic E-state index is -0.577. The fourth-order valence-corrected chi connectivity index (χ4v) is 2.22. The molecule has 2 saturated heterocycles. The van der Waals surface area contributed by atoms with E-state index in [0.29, 0.717) is 19.6 Å². The zero-order valence-electron chi connectivity index (χ0n) is 7.82. The SMILES string of the molecule is CN1CC[C@@]2(CCOC2=O)[C@@H](O)C1. The molecule has 2 aliphatic heterocycles. The van der Waals surface area contributed by atoms with Crippen molar-refractivity contribution < 1.29 is 14.6 Å². The molecule has 0 saturated carbocycles. The fraction of sp³-hybridized carbons (Fsp3) is 0.889. The first-order chi connectivity index (χ1) is 6.15. The Balaban J connectivity index is 2.17. The molecule has 2 fully saturated rings. The highest BCUT2D eigenvalue weighted by Gasteiger charge is 2.52. The number of likely N-dealkylation sites (tertiary alicyclic amines) is 1. The Morgan fingerprint density at radius 2 is 2.38 bits per heavy atom. The number of hydrogen-bond acceptors (Lipinski definition) is 4. The van der Waals surface area contributed by atoms with Gasteiger partial charge >= 0.3 is 5.97 Å². The van der Waals surface area contributed by atoms with E-state index < -0.39 is 11.5 Å². The first kappa shape index (κ1) is 8.97. The van der Waals surface area contributed by atoms with E-state index in [0.717, 1.165) is 13.0 Å². The summed E-state index contributed by atoms with van der Waals surface area (Å²) >= 11 is 0. The molecule has 4 heteroatoms. The summed E-state index contributed by atoms with van der Waals surface area (Å²) in [6.45, 7) is 1.92. The van der Waals surface area contributed by atoms with Gasteiger partial charge in [0.15, 0.2) is 0 Å². The molecule has 0 aromatic carbocycles. The number of aliphatic hydroxyl groups is 1. The van der Waals surface area contributed by atoms with Crippen LogP contribution in [0.3, 0.4) is 0 Å². The molecular formula is C9H15NO3. The van der Waals surface area contributed by atoms with Gasteiger partial charge in [-0.25, -0.2) is 0 Å². The lowest BCUT2D eigenvalue weighted by Crippen LogP contribution is -2.51. The summed E-state index contributed by atoms with van der Waals surface area (Å²) in [5.74, 6) is -0.201. The molecule has 2 rings (SSSR count). The molecule has 0 amide bonds. The largest absolute Gasteiger partial charge is 0.465 e. The lowest BCUT2D eigenvalue weighted by atomic mass is 9.75. The zero-order valence-corrected chi connectivity index (χ0v) is 7.82. The van der Waals surface area contributed by atoms with Gasteiger partial charge < -0.3 is 14.7 Å². The van der Waals surface area contributed by atoms with Gasteiger partial charge in [0.2, 0.25) is 0 Å². The van der Waals surface area contributed by atoms with Crippen LogP contribution in [0.25, 0.3) is 0 Å². The maximum absolute atomic E-state index is 11.5.